The highest BCUT2D eigenvalue weighted by molar-refractivity contribution is 8.02. The van der Waals surface area contributed by atoms with Crippen molar-refractivity contribution in [1.82, 2.24) is 70.2 Å². The summed E-state index contributed by atoms with van der Waals surface area (Å²) in [5.74, 6) is 21.1. The second kappa shape index (κ2) is 40.3. The lowest BCUT2D eigenvalue weighted by molar-refractivity contribution is 0.591. The molecule has 0 radical (unpaired) electrons. The predicted molar refractivity (Wildman–Crippen MR) is 553 cm³/mol. The minimum Gasteiger partial charge on any atom is -0.423 e. The number of nitrogens with one attached hydrogen (secondary N) is 11. The SMILES string of the molecule is C=S(C)(=O)Nc1cccc(Nc2ncc(-c3ccc4c(=O)[nH]ccc4c3)o2)c1.C=S(C)(=O)Nc1cccc(Nc2ncc(-c3ccc4cncnc4c3)o2)c1.C=S(C)(=O)Nc1cccc(Nc2ncc(-c3ccc4cnncc4c3)o2)c1.C=S(C)(=O)Nc1cccc(Nc2ncc(-c3ccc4nccnc4c3)o2)c1.C=S(C)(=O)Nc1cccc(Nc2ncc(-c3ccc4nnccc4c3)o2)c1. The number of aromatic amines is 1. The zero-order valence-corrected chi connectivity index (χ0v) is 77.3. The first-order chi connectivity index (χ1) is 65.2. The van der Waals surface area contributed by atoms with Crippen LogP contribution in [0.1, 0.15) is 0 Å². The summed E-state index contributed by atoms with van der Waals surface area (Å²) in [5.41, 5.74) is 14.7. The van der Waals surface area contributed by atoms with E-state index in [1.807, 2.05) is 206 Å². The molecule has 20 aromatic rings. The summed E-state index contributed by atoms with van der Waals surface area (Å²) in [5, 5.41) is 36.6. The van der Waals surface area contributed by atoms with Gasteiger partial charge in [0.05, 0.1) is 71.6 Å². The molecule has 10 heterocycles. The van der Waals surface area contributed by atoms with Crippen LogP contribution in [-0.2, 0) is 48.5 Å². The summed E-state index contributed by atoms with van der Waals surface area (Å²) < 4.78 is 102. The van der Waals surface area contributed by atoms with Crippen molar-refractivity contribution >= 4 is 219 Å². The number of anilines is 15. The van der Waals surface area contributed by atoms with Gasteiger partial charge in [0.2, 0.25) is 0 Å². The monoisotopic (exact) mass is 1910 g/mol. The van der Waals surface area contributed by atoms with Gasteiger partial charge in [-0.1, -0.05) is 60.7 Å². The second-order valence-corrected chi connectivity index (χ2v) is 42.1. The fourth-order valence-electron chi connectivity index (χ4n) is 13.4. The Balaban J connectivity index is 0.000000123. The van der Waals surface area contributed by atoms with E-state index in [0.29, 0.717) is 92.7 Å². The standard InChI is InChI=1S/C20H18N4O3S.4C19H17N5O2S/c1-28(2,26)24-16-5-3-4-15(11-16)23-20-22-12-18(27-20)14-6-7-17-13(10-14)8-9-21-19(17)25;1-27(2,25)24-17-5-3-4-16(9-17)23-19-20-12-18(26-19)13-6-7-14-10-21-22-11-15(14)8-13;1-27(2,25)24-16-5-3-4-15(9-16)23-19-21-11-18(26-19)13-6-7-14-10-20-12-22-17(14)8-13;1-27(2,25)24-16-5-3-4-15(11-16)22-19-20-12-18(26-19)14-6-7-17-13(10-14)8-9-21-23-17;1-27(2,25)24-15-5-3-4-14(11-15)23-19-22-12-18(26-19)13-6-7-16-17(10-13)21-9-8-20-16/h3-12H,1H2,2H3,(H,21,25)(H,22,23)(H,24,26);3-12H,1H2,2H3,(H,20,23)(H,24,25);3-12H,1H2,2H3,(H,21,23)(H,24,25);3-12H,1H2,2H3,(H,20,22)(H,24,25);3-12H,1H2,2H3,(H,22,23)(H,24,25). The summed E-state index contributed by atoms with van der Waals surface area (Å²) in [6, 6.07) is 70.7. The Morgan fingerprint density at radius 3 is 1.03 bits per heavy atom. The van der Waals surface area contributed by atoms with Gasteiger partial charge < -0.3 is 77.3 Å². The van der Waals surface area contributed by atoms with E-state index >= 15 is 0 Å². The number of benzene rings is 10. The van der Waals surface area contributed by atoms with E-state index in [-0.39, 0.29) is 5.56 Å². The molecule has 0 spiro atoms. The van der Waals surface area contributed by atoms with E-state index in [4.69, 9.17) is 22.1 Å². The van der Waals surface area contributed by atoms with Gasteiger partial charge in [-0.25, -0.2) is 55.9 Å². The average Bonchev–Trinajstić information content (AvgIpc) is 1.41. The van der Waals surface area contributed by atoms with Gasteiger partial charge in [-0.05, 0) is 199 Å². The van der Waals surface area contributed by atoms with Crippen LogP contribution < -0.4 is 55.8 Å². The van der Waals surface area contributed by atoms with E-state index in [1.54, 1.807) is 118 Å². The van der Waals surface area contributed by atoms with Gasteiger partial charge in [-0.2, -0.15) is 20.4 Å². The molecule has 11 N–H and O–H groups in total. The van der Waals surface area contributed by atoms with Gasteiger partial charge in [0.1, 0.15) is 6.33 Å². The van der Waals surface area contributed by atoms with Crippen LogP contribution in [0.2, 0.25) is 0 Å². The van der Waals surface area contributed by atoms with Gasteiger partial charge in [0.15, 0.2) is 28.8 Å². The first kappa shape index (κ1) is 92.2. The van der Waals surface area contributed by atoms with E-state index in [1.165, 1.54) is 12.6 Å². The minimum atomic E-state index is -2.36. The van der Waals surface area contributed by atoms with Gasteiger partial charge >= 0.3 is 0 Å². The number of hydrogen-bond acceptors (Lipinski definition) is 29. The number of rotatable bonds is 25. The fourth-order valence-corrected chi connectivity index (χ4v) is 16.5. The fraction of sp³-hybridized carbons (Fsp3) is 0.0521. The second-order valence-electron chi connectivity index (χ2n) is 31.0. The molecule has 35 nitrogen and oxygen atoms in total. The molecule has 5 unspecified atom stereocenters. The molecule has 0 bridgehead atoms. The molecule has 0 aliphatic rings. The zero-order chi connectivity index (χ0) is 95.1. The maximum atomic E-state index is 11.8. The first-order valence-electron chi connectivity index (χ1n) is 40.8. The zero-order valence-electron chi connectivity index (χ0n) is 73.2. The summed E-state index contributed by atoms with van der Waals surface area (Å²) in [6.45, 7) is 0. The Morgan fingerprint density at radius 1 is 0.279 bits per heavy atom. The van der Waals surface area contributed by atoms with E-state index in [0.717, 1.165) is 105 Å². The van der Waals surface area contributed by atoms with Crippen LogP contribution in [-0.4, -0.2) is 152 Å². The quantitative estimate of drug-likeness (QED) is 0.0237. The van der Waals surface area contributed by atoms with Gasteiger partial charge in [-0.15, -0.1) is 0 Å². The van der Waals surface area contributed by atoms with Crippen LogP contribution in [0.15, 0.2) is 332 Å². The van der Waals surface area contributed by atoms with Crippen LogP contribution in [0, 0.1) is 0 Å². The molecule has 0 amide bonds. The largest absolute Gasteiger partial charge is 0.423 e. The summed E-state index contributed by atoms with van der Waals surface area (Å²) in [4.78, 5) is 52.7. The maximum absolute atomic E-state index is 11.8. The Hall–Kier alpha value is -17.1. The number of H-pyrrole nitrogens is 1. The van der Waals surface area contributed by atoms with Crippen molar-refractivity contribution < 1.29 is 43.1 Å². The molecule has 136 heavy (non-hydrogen) atoms. The molecular formula is C96H86N24O11S5. The van der Waals surface area contributed by atoms with Crippen molar-refractivity contribution in [2.24, 2.45) is 0 Å². The summed E-state index contributed by atoms with van der Waals surface area (Å²) in [6.07, 6.45) is 29.2. The van der Waals surface area contributed by atoms with E-state index in [2.05, 4.69) is 150 Å². The number of oxazole rings is 5. The molecule has 5 atom stereocenters. The molecule has 40 heteroatoms. The number of pyridine rings is 1. The van der Waals surface area contributed by atoms with Crippen molar-refractivity contribution in [3.05, 3.63) is 315 Å². The Bertz CT molecular complexity index is 7690. The van der Waals surface area contributed by atoms with Gasteiger partial charge in [-0.3, -0.25) is 14.8 Å². The van der Waals surface area contributed by atoms with E-state index in [9.17, 15) is 25.8 Å². The Morgan fingerprint density at radius 2 is 0.618 bits per heavy atom. The number of fused-ring (bicyclic) bond motifs is 5. The Kier molecular flexibility index (Phi) is 27.3. The van der Waals surface area contributed by atoms with Crippen molar-refractivity contribution in [3.8, 4) is 56.6 Å². The number of hydrogen-bond donors (Lipinski definition) is 11. The normalized spacial score (nSPS) is 13.2. The van der Waals surface area contributed by atoms with Crippen molar-refractivity contribution in [3.63, 3.8) is 0 Å². The van der Waals surface area contributed by atoms with Crippen LogP contribution in [0.25, 0.3) is 111 Å². The molecule has 0 aliphatic carbocycles. The van der Waals surface area contributed by atoms with Gasteiger partial charge in [0, 0.05) is 216 Å². The topological polar surface area (TPSA) is 472 Å². The molecule has 10 aromatic heterocycles. The lowest BCUT2D eigenvalue weighted by Crippen LogP contribution is -2.09. The number of aromatic nitrogens is 14. The highest BCUT2D eigenvalue weighted by Crippen LogP contribution is 2.35. The third kappa shape index (κ3) is 26.0. The molecule has 0 fully saturated rings. The highest BCUT2D eigenvalue weighted by atomic mass is 32.2. The van der Waals surface area contributed by atoms with Crippen molar-refractivity contribution in [1.29, 1.82) is 0 Å². The Labute approximate surface area is 780 Å². The van der Waals surface area contributed by atoms with E-state index < -0.39 is 48.5 Å². The number of nitrogens with zero attached hydrogens (tertiary/aromatic N) is 13. The average molecular weight is 1910 g/mol. The molecule has 20 rings (SSSR count). The highest BCUT2D eigenvalue weighted by Gasteiger charge is 2.17. The smallest absolute Gasteiger partial charge is 0.299 e. The van der Waals surface area contributed by atoms with Crippen LogP contribution in [0.4, 0.5) is 86.9 Å². The molecule has 0 saturated carbocycles. The molecule has 0 saturated heterocycles. The molecule has 0 aliphatic heterocycles. The van der Waals surface area contributed by atoms with Crippen LogP contribution in [0.3, 0.4) is 0 Å². The lowest BCUT2D eigenvalue weighted by atomic mass is 10.1. The van der Waals surface area contributed by atoms with Crippen molar-refractivity contribution in [2.45, 2.75) is 0 Å². The predicted octanol–water partition coefficient (Wildman–Crippen LogP) is 18.4. The van der Waals surface area contributed by atoms with Crippen LogP contribution in [0.5, 0.6) is 0 Å². The lowest BCUT2D eigenvalue weighted by Gasteiger charge is -2.09. The maximum Gasteiger partial charge on any atom is 0.299 e. The summed E-state index contributed by atoms with van der Waals surface area (Å²) in [7, 11) is -11.7. The molecule has 10 aromatic carbocycles. The minimum absolute atomic E-state index is 0.129. The van der Waals surface area contributed by atoms with Crippen LogP contribution >= 0.6 is 0 Å². The third-order valence-corrected chi connectivity index (χ3v) is 22.3. The molecule has 686 valence electrons. The third-order valence-electron chi connectivity index (χ3n) is 19.0. The molecular weight excluding hydrogens is 1830 g/mol. The van der Waals surface area contributed by atoms with Gasteiger partial charge in [0.25, 0.3) is 35.6 Å². The summed E-state index contributed by atoms with van der Waals surface area (Å²) >= 11 is 0. The first-order valence-corrected chi connectivity index (χ1v) is 51.5. The van der Waals surface area contributed by atoms with Crippen molar-refractivity contribution in [2.75, 3.05) is 81.5 Å².